The van der Waals surface area contributed by atoms with E-state index in [2.05, 4.69) is 37.0 Å². The number of benzene rings is 1. The number of halogens is 2. The quantitative estimate of drug-likeness (QED) is 0.404. The summed E-state index contributed by atoms with van der Waals surface area (Å²) in [6.45, 7) is 0. The average molecular weight is 362 g/mol. The zero-order valence-corrected chi connectivity index (χ0v) is 11.6. The van der Waals surface area contributed by atoms with E-state index in [9.17, 15) is 0 Å². The van der Waals surface area contributed by atoms with Gasteiger partial charge in [-0.1, -0.05) is 18.2 Å². The van der Waals surface area contributed by atoms with Crippen LogP contribution in [0.2, 0.25) is 0 Å². The Hall–Kier alpha value is 0.988. The Kier molecular flexibility index (Phi) is 6.38. The molecule has 0 amide bonds. The van der Waals surface area contributed by atoms with Gasteiger partial charge in [-0.25, -0.2) is 0 Å². The van der Waals surface area contributed by atoms with Crippen LogP contribution in [0.3, 0.4) is 0 Å². The van der Waals surface area contributed by atoms with Gasteiger partial charge in [-0.3, -0.25) is 0 Å². The summed E-state index contributed by atoms with van der Waals surface area (Å²) in [7, 11) is 0. The Morgan fingerprint density at radius 3 is 2.00 bits per heavy atom. The summed E-state index contributed by atoms with van der Waals surface area (Å²) in [6.07, 6.45) is 0. The third kappa shape index (κ3) is 3.64. The van der Waals surface area contributed by atoms with Crippen molar-refractivity contribution in [3.8, 4) is 0 Å². The number of rotatable bonds is 1. The molecule has 0 aliphatic heterocycles. The predicted molar refractivity (Wildman–Crippen MR) is 44.0 cm³/mol. The molecule has 1 unspecified atom stereocenters. The van der Waals surface area contributed by atoms with E-state index in [1.807, 2.05) is 6.07 Å². The van der Waals surface area contributed by atoms with Crippen molar-refractivity contribution in [2.75, 3.05) is 0 Å². The summed E-state index contributed by atoms with van der Waals surface area (Å²) in [5.41, 5.74) is 0. The second-order valence-electron chi connectivity index (χ2n) is 1.37. The Balaban J connectivity index is 0.000000640. The molecule has 1 aromatic rings. The maximum atomic E-state index is 3.47. The van der Waals surface area contributed by atoms with E-state index in [1.165, 1.54) is 3.57 Å². The third-order valence-corrected chi connectivity index (χ3v) is 4.33. The summed E-state index contributed by atoms with van der Waals surface area (Å²) >= 11 is 3.59. The van der Waals surface area contributed by atoms with Crippen LogP contribution in [-0.2, 0) is 0 Å². The van der Waals surface area contributed by atoms with Gasteiger partial charge in [-0.15, -0.1) is 0 Å². The molecular weight excluding hydrogens is 354 g/mol. The van der Waals surface area contributed by atoms with Crippen molar-refractivity contribution in [2.45, 2.75) is 0 Å². The molecule has 3 heteroatoms. The van der Waals surface area contributed by atoms with Crippen LogP contribution in [0.4, 0.5) is 0 Å². The fourth-order valence-corrected chi connectivity index (χ4v) is 2.49. The molecule has 0 heterocycles. The molecule has 1 aromatic carbocycles. The molecule has 1 rings (SSSR count). The van der Waals surface area contributed by atoms with Gasteiger partial charge in [-0.2, -0.15) is 0 Å². The van der Waals surface area contributed by atoms with E-state index < -0.39 is 0 Å². The zero-order chi connectivity index (χ0) is 5.82. The van der Waals surface area contributed by atoms with Crippen molar-refractivity contribution in [1.82, 2.24) is 0 Å². The molecule has 0 aromatic heterocycles. The molecule has 0 saturated heterocycles. The minimum absolute atomic E-state index is 0. The Morgan fingerprint density at radius 2 is 1.67 bits per heavy atom. The van der Waals surface area contributed by atoms with E-state index in [-0.39, 0.29) is 36.9 Å². The molecular formula is C6H8AsBrI+. The molecule has 0 aliphatic rings. The molecule has 0 N–H and O–H groups in total. The van der Waals surface area contributed by atoms with Crippen molar-refractivity contribution < 1.29 is 19.0 Å². The summed E-state index contributed by atoms with van der Waals surface area (Å²) in [5, 5.41) is 0. The number of hydrogen-bond donors (Lipinski definition) is 0. The van der Waals surface area contributed by atoms with Crippen LogP contribution in [0.15, 0.2) is 30.3 Å². The molecule has 0 fully saturated rings. The van der Waals surface area contributed by atoms with Gasteiger partial charge < -0.3 is 0 Å². The Bertz CT molecular complexity index is 154. The van der Waals surface area contributed by atoms with Gasteiger partial charge in [0.25, 0.3) is 12.7 Å². The van der Waals surface area contributed by atoms with E-state index in [0.29, 0.717) is 0 Å². The molecule has 0 saturated carbocycles. The molecule has 1 atom stereocenters. The van der Waals surface area contributed by atoms with Crippen molar-refractivity contribution in [3.05, 3.63) is 33.9 Å². The third-order valence-electron chi connectivity index (χ3n) is 0.816. The van der Waals surface area contributed by atoms with Crippen LogP contribution in [-0.4, -0.2) is 18.0 Å². The normalized spacial score (nSPS) is 8.11. The van der Waals surface area contributed by atoms with Gasteiger partial charge in [0, 0.05) is 0 Å². The first-order chi connectivity index (χ1) is 3.93. The second kappa shape index (κ2) is 5.75. The van der Waals surface area contributed by atoms with E-state index in [4.69, 9.17) is 0 Å². The molecule has 0 radical (unpaired) electrons. The molecule has 0 bridgehead atoms. The van der Waals surface area contributed by atoms with Crippen LogP contribution >= 0.6 is 12.7 Å². The molecule has 0 spiro atoms. The van der Waals surface area contributed by atoms with Crippen LogP contribution in [0, 0.1) is 3.57 Å². The van der Waals surface area contributed by atoms with Gasteiger partial charge in [-0.05, 0) is 12.1 Å². The molecule has 0 aliphatic carbocycles. The first-order valence-corrected chi connectivity index (χ1v) is 8.16. The fraction of sp³-hybridized carbons (Fsp3) is 0. The molecule has 0 nitrogen and oxygen atoms in total. The topological polar surface area (TPSA) is 0 Å². The van der Waals surface area contributed by atoms with Crippen LogP contribution in [0.5, 0.6) is 0 Å². The second-order valence-corrected chi connectivity index (χ2v) is 5.03. The fourth-order valence-electron chi connectivity index (χ4n) is 0.462. The summed E-state index contributed by atoms with van der Waals surface area (Å²) in [6, 6.07) is 10.5. The first-order valence-electron chi connectivity index (χ1n) is 2.24. The van der Waals surface area contributed by atoms with Gasteiger partial charge in [0.1, 0.15) is 0 Å². The van der Waals surface area contributed by atoms with E-state index in [1.54, 1.807) is 0 Å². The van der Waals surface area contributed by atoms with Crippen molar-refractivity contribution in [2.24, 2.45) is 0 Å². The molecule has 50 valence electrons. The van der Waals surface area contributed by atoms with Crippen molar-refractivity contribution in [1.29, 1.82) is 0 Å². The monoisotopic (exact) mass is 361 g/mol. The summed E-state index contributed by atoms with van der Waals surface area (Å²) in [5.74, 6) is 0. The van der Waals surface area contributed by atoms with Gasteiger partial charge >= 0.3 is 36.9 Å². The van der Waals surface area contributed by atoms with E-state index in [0.717, 1.165) is 0 Å². The Morgan fingerprint density at radius 1 is 1.11 bits per heavy atom. The zero-order valence-electron chi connectivity index (χ0n) is 4.85. The molecule has 9 heavy (non-hydrogen) atoms. The summed E-state index contributed by atoms with van der Waals surface area (Å²) < 4.78 is 1.44. The van der Waals surface area contributed by atoms with Gasteiger partial charge in [0.15, 0.2) is 0 Å². The van der Waals surface area contributed by atoms with Crippen molar-refractivity contribution in [3.63, 3.8) is 0 Å². The minimum atomic E-state index is 0. The van der Waals surface area contributed by atoms with Crippen LogP contribution in [0.25, 0.3) is 0 Å². The van der Waals surface area contributed by atoms with Gasteiger partial charge in [0.2, 0.25) is 3.57 Å². The van der Waals surface area contributed by atoms with Crippen LogP contribution in [0.1, 0.15) is 0 Å². The van der Waals surface area contributed by atoms with E-state index >= 15 is 0 Å². The maximum absolute atomic E-state index is 3.47. The predicted octanol–water partition coefficient (Wildman–Crippen LogP) is -1.93. The average Bonchev–Trinajstić information content (AvgIpc) is 1.90. The number of hydrogen-bond acceptors (Lipinski definition) is 0. The summed E-state index contributed by atoms with van der Waals surface area (Å²) in [4.78, 5) is 0. The Labute approximate surface area is 82.7 Å². The standard InChI is InChI=1S/C6H5BrI.AsH3/c7-8-6-4-2-1-3-5-6;/h1-5H;1H3/q+1;. The van der Waals surface area contributed by atoms with Gasteiger partial charge in [0.05, 0.1) is 0 Å². The first kappa shape index (κ1) is 9.99. The SMILES string of the molecule is Br[I+]c1ccccc1.[AsH3]. The van der Waals surface area contributed by atoms with Crippen molar-refractivity contribution >= 4 is 30.6 Å². The van der Waals surface area contributed by atoms with Crippen LogP contribution < -0.4 is 19.0 Å².